The summed E-state index contributed by atoms with van der Waals surface area (Å²) in [6.45, 7) is 0.348. The highest BCUT2D eigenvalue weighted by atomic mass is 32.2. The van der Waals surface area contributed by atoms with Gasteiger partial charge in [0.2, 0.25) is 0 Å². The van der Waals surface area contributed by atoms with Crippen molar-refractivity contribution in [3.8, 4) is 5.75 Å². The molecule has 0 saturated carbocycles. The number of esters is 1. The van der Waals surface area contributed by atoms with E-state index in [4.69, 9.17) is 4.74 Å². The molecule has 0 spiro atoms. The smallest absolute Gasteiger partial charge is 0.341 e. The lowest BCUT2D eigenvalue weighted by Crippen LogP contribution is -2.06. The van der Waals surface area contributed by atoms with Crippen LogP contribution >= 0.6 is 11.8 Å². The van der Waals surface area contributed by atoms with Gasteiger partial charge in [-0.15, -0.1) is 11.8 Å². The third-order valence-electron chi connectivity index (χ3n) is 2.89. The van der Waals surface area contributed by atoms with Crippen LogP contribution in [0.2, 0.25) is 0 Å². The molecule has 0 aliphatic heterocycles. The van der Waals surface area contributed by atoms with E-state index in [0.717, 1.165) is 5.56 Å². The van der Waals surface area contributed by atoms with Crippen molar-refractivity contribution in [2.24, 2.45) is 0 Å². The van der Waals surface area contributed by atoms with Crippen molar-refractivity contribution in [3.05, 3.63) is 59.4 Å². The monoisotopic (exact) mass is 306 g/mol. The molecule has 0 N–H and O–H groups in total. The zero-order chi connectivity index (χ0) is 15.2. The molecule has 0 unspecified atom stereocenters. The third kappa shape index (κ3) is 3.76. The lowest BCUT2D eigenvalue weighted by atomic mass is 10.2. The van der Waals surface area contributed by atoms with E-state index in [1.54, 1.807) is 12.3 Å². The standard InChI is InChI=1S/C16H15FO3S/c1-19-16(18)13-8-12(9-14(21-2)15(13)17)20-10-11-6-4-3-5-7-11/h3-9H,10H2,1-2H3. The van der Waals surface area contributed by atoms with Gasteiger partial charge >= 0.3 is 5.97 Å². The number of ether oxygens (including phenoxy) is 2. The summed E-state index contributed by atoms with van der Waals surface area (Å²) in [4.78, 5) is 11.9. The summed E-state index contributed by atoms with van der Waals surface area (Å²) >= 11 is 1.21. The number of carbonyl (C=O) groups is 1. The Hall–Kier alpha value is -2.01. The molecule has 0 fully saturated rings. The van der Waals surface area contributed by atoms with Gasteiger partial charge in [0.15, 0.2) is 5.82 Å². The molecule has 0 saturated heterocycles. The minimum Gasteiger partial charge on any atom is -0.489 e. The Balaban J connectivity index is 2.25. The Labute approximate surface area is 127 Å². The van der Waals surface area contributed by atoms with E-state index < -0.39 is 11.8 Å². The third-order valence-corrected chi connectivity index (χ3v) is 3.62. The summed E-state index contributed by atoms with van der Waals surface area (Å²) in [7, 11) is 1.22. The summed E-state index contributed by atoms with van der Waals surface area (Å²) < 4.78 is 24.3. The van der Waals surface area contributed by atoms with Gasteiger partial charge in [0.05, 0.1) is 7.11 Å². The molecule has 2 rings (SSSR count). The van der Waals surface area contributed by atoms with Gasteiger partial charge in [-0.1, -0.05) is 30.3 Å². The average Bonchev–Trinajstić information content (AvgIpc) is 2.54. The second-order valence-corrected chi connectivity index (χ2v) is 5.10. The molecule has 5 heteroatoms. The Bertz CT molecular complexity index is 629. The molecule has 0 aliphatic carbocycles. The fraction of sp³-hybridized carbons (Fsp3) is 0.188. The summed E-state index contributed by atoms with van der Waals surface area (Å²) in [6.07, 6.45) is 1.74. The van der Waals surface area contributed by atoms with Crippen LogP contribution in [0.1, 0.15) is 15.9 Å². The summed E-state index contributed by atoms with van der Waals surface area (Å²) in [5.41, 5.74) is 0.875. The number of carbonyl (C=O) groups excluding carboxylic acids is 1. The van der Waals surface area contributed by atoms with Gasteiger partial charge in [-0.25, -0.2) is 9.18 Å². The second kappa shape index (κ2) is 7.13. The van der Waals surface area contributed by atoms with Gasteiger partial charge in [-0.2, -0.15) is 0 Å². The maximum absolute atomic E-state index is 14.1. The maximum Gasteiger partial charge on any atom is 0.341 e. The van der Waals surface area contributed by atoms with Crippen LogP contribution in [0.5, 0.6) is 5.75 Å². The lowest BCUT2D eigenvalue weighted by molar-refractivity contribution is 0.0594. The first-order valence-electron chi connectivity index (χ1n) is 6.28. The molecule has 21 heavy (non-hydrogen) atoms. The lowest BCUT2D eigenvalue weighted by Gasteiger charge is -2.11. The first-order valence-corrected chi connectivity index (χ1v) is 7.50. The van der Waals surface area contributed by atoms with Crippen LogP contribution in [0.25, 0.3) is 0 Å². The maximum atomic E-state index is 14.1. The molecule has 2 aromatic carbocycles. The number of benzene rings is 2. The summed E-state index contributed by atoms with van der Waals surface area (Å²) in [6, 6.07) is 12.6. The normalized spacial score (nSPS) is 10.2. The average molecular weight is 306 g/mol. The largest absolute Gasteiger partial charge is 0.489 e. The number of hydrogen-bond donors (Lipinski definition) is 0. The molecule has 0 radical (unpaired) electrons. The Morgan fingerprint density at radius 3 is 2.57 bits per heavy atom. The van der Waals surface area contributed by atoms with Crippen LogP contribution in [0, 0.1) is 5.82 Å². The van der Waals surface area contributed by atoms with Crippen molar-refractivity contribution in [3.63, 3.8) is 0 Å². The first kappa shape index (κ1) is 15.4. The van der Waals surface area contributed by atoms with Crippen LogP contribution in [0.15, 0.2) is 47.4 Å². The summed E-state index contributed by atoms with van der Waals surface area (Å²) in [5.74, 6) is -0.862. The molecular formula is C16H15FO3S. The van der Waals surface area contributed by atoms with Crippen molar-refractivity contribution >= 4 is 17.7 Å². The SMILES string of the molecule is COC(=O)c1cc(OCc2ccccc2)cc(SC)c1F. The molecule has 0 bridgehead atoms. The molecular weight excluding hydrogens is 291 g/mol. The zero-order valence-corrected chi connectivity index (χ0v) is 12.6. The van der Waals surface area contributed by atoms with Crippen molar-refractivity contribution in [1.82, 2.24) is 0 Å². The number of methoxy groups -OCH3 is 1. The van der Waals surface area contributed by atoms with Gasteiger partial charge in [0.1, 0.15) is 17.9 Å². The molecule has 0 heterocycles. The van der Waals surface area contributed by atoms with E-state index in [0.29, 0.717) is 17.3 Å². The quantitative estimate of drug-likeness (QED) is 0.620. The van der Waals surface area contributed by atoms with Crippen LogP contribution < -0.4 is 4.74 Å². The van der Waals surface area contributed by atoms with Crippen LogP contribution in [-0.4, -0.2) is 19.3 Å². The van der Waals surface area contributed by atoms with Gasteiger partial charge in [0.25, 0.3) is 0 Å². The zero-order valence-electron chi connectivity index (χ0n) is 11.8. The predicted molar refractivity (Wildman–Crippen MR) is 80.3 cm³/mol. The minimum atomic E-state index is -0.715. The van der Waals surface area contributed by atoms with Gasteiger partial charge in [0, 0.05) is 4.90 Å². The first-order chi connectivity index (χ1) is 10.2. The molecule has 3 nitrogen and oxygen atoms in total. The van der Waals surface area contributed by atoms with Crippen LogP contribution in [0.3, 0.4) is 0 Å². The molecule has 0 aromatic heterocycles. The topological polar surface area (TPSA) is 35.5 Å². The Kier molecular flexibility index (Phi) is 5.22. The second-order valence-electron chi connectivity index (χ2n) is 4.25. The van der Waals surface area contributed by atoms with Gasteiger partial charge in [-0.3, -0.25) is 0 Å². The van der Waals surface area contributed by atoms with Gasteiger partial charge in [-0.05, 0) is 24.0 Å². The number of rotatable bonds is 5. The van der Waals surface area contributed by atoms with E-state index in [9.17, 15) is 9.18 Å². The molecule has 0 amide bonds. The van der Waals surface area contributed by atoms with E-state index in [2.05, 4.69) is 4.74 Å². The minimum absolute atomic E-state index is 0.118. The molecule has 0 aliphatic rings. The summed E-state index contributed by atoms with van der Waals surface area (Å²) in [5, 5.41) is 0. The van der Waals surface area contributed by atoms with Crippen molar-refractivity contribution < 1.29 is 18.7 Å². The molecule has 0 atom stereocenters. The van der Waals surface area contributed by atoms with E-state index >= 15 is 0 Å². The predicted octanol–water partition coefficient (Wildman–Crippen LogP) is 3.91. The molecule has 110 valence electrons. The Morgan fingerprint density at radius 1 is 1.24 bits per heavy atom. The van der Waals surface area contributed by atoms with E-state index in [-0.39, 0.29) is 5.56 Å². The highest BCUT2D eigenvalue weighted by Gasteiger charge is 2.18. The number of hydrogen-bond acceptors (Lipinski definition) is 4. The fourth-order valence-corrected chi connectivity index (χ4v) is 2.33. The van der Waals surface area contributed by atoms with Crippen molar-refractivity contribution in [2.75, 3.05) is 13.4 Å². The Morgan fingerprint density at radius 2 is 1.95 bits per heavy atom. The van der Waals surface area contributed by atoms with Crippen LogP contribution in [-0.2, 0) is 11.3 Å². The van der Waals surface area contributed by atoms with E-state index in [1.807, 2.05) is 30.3 Å². The fourth-order valence-electron chi connectivity index (χ4n) is 1.80. The van der Waals surface area contributed by atoms with E-state index in [1.165, 1.54) is 24.9 Å². The van der Waals surface area contributed by atoms with Gasteiger partial charge < -0.3 is 9.47 Å². The molecule has 2 aromatic rings. The highest BCUT2D eigenvalue weighted by Crippen LogP contribution is 2.29. The van der Waals surface area contributed by atoms with Crippen molar-refractivity contribution in [2.45, 2.75) is 11.5 Å². The number of halogens is 1. The van der Waals surface area contributed by atoms with Crippen LogP contribution in [0.4, 0.5) is 4.39 Å². The highest BCUT2D eigenvalue weighted by molar-refractivity contribution is 7.98. The van der Waals surface area contributed by atoms with Crippen molar-refractivity contribution in [1.29, 1.82) is 0 Å². The number of thioether (sulfide) groups is 1.